The van der Waals surface area contributed by atoms with Crippen LogP contribution in [0.3, 0.4) is 0 Å². The molecule has 1 saturated carbocycles. The van der Waals surface area contributed by atoms with Crippen LogP contribution in [0.25, 0.3) is 0 Å². The van der Waals surface area contributed by atoms with Crippen LogP contribution in [0.15, 0.2) is 0 Å². The number of hydrogen-bond donors (Lipinski definition) is 3. The highest BCUT2D eigenvalue weighted by Crippen LogP contribution is 2.23. The molecular formula is C11H19FN2O2. The fourth-order valence-electron chi connectivity index (χ4n) is 2.39. The largest absolute Gasteiger partial charge is 0.393 e. The number of carbonyl (C=O) groups excluding carboxylic acids is 1. The average molecular weight is 230 g/mol. The molecule has 1 amide bonds. The van der Waals surface area contributed by atoms with Gasteiger partial charge in [-0.3, -0.25) is 4.79 Å². The van der Waals surface area contributed by atoms with Crippen LogP contribution < -0.4 is 10.6 Å². The summed E-state index contributed by atoms with van der Waals surface area (Å²) in [6, 6.07) is 0.0316. The minimum Gasteiger partial charge on any atom is -0.393 e. The molecule has 2 rings (SSSR count). The Bertz CT molecular complexity index is 259. The van der Waals surface area contributed by atoms with Crippen molar-refractivity contribution in [3.63, 3.8) is 0 Å². The first kappa shape index (κ1) is 11.8. The Morgan fingerprint density at radius 1 is 1.38 bits per heavy atom. The van der Waals surface area contributed by atoms with E-state index in [1.54, 1.807) is 0 Å². The van der Waals surface area contributed by atoms with Crippen LogP contribution >= 0.6 is 0 Å². The number of rotatable bonds is 2. The van der Waals surface area contributed by atoms with Crippen molar-refractivity contribution in [2.24, 2.45) is 0 Å². The van der Waals surface area contributed by atoms with Gasteiger partial charge in [-0.25, -0.2) is 4.39 Å². The molecular weight excluding hydrogens is 211 g/mol. The number of amides is 1. The molecule has 0 aromatic heterocycles. The summed E-state index contributed by atoms with van der Waals surface area (Å²) in [6.07, 6.45) is 2.90. The first-order valence-electron chi connectivity index (χ1n) is 5.99. The van der Waals surface area contributed by atoms with E-state index in [-0.39, 0.29) is 25.1 Å². The van der Waals surface area contributed by atoms with Crippen LogP contribution in [-0.4, -0.2) is 41.9 Å². The maximum Gasteiger partial charge on any atom is 0.259 e. The van der Waals surface area contributed by atoms with E-state index in [1.807, 2.05) is 0 Å². The quantitative estimate of drug-likeness (QED) is 0.631. The summed E-state index contributed by atoms with van der Waals surface area (Å²) in [5, 5.41) is 14.9. The molecule has 1 atom stereocenters. The topological polar surface area (TPSA) is 61.4 Å². The molecule has 0 radical (unpaired) electrons. The number of hydrogen-bond acceptors (Lipinski definition) is 3. The summed E-state index contributed by atoms with van der Waals surface area (Å²) in [6.45, 7) is 0.682. The summed E-state index contributed by atoms with van der Waals surface area (Å²) in [4.78, 5) is 11.7. The van der Waals surface area contributed by atoms with Crippen LogP contribution in [0, 0.1) is 0 Å². The fourth-order valence-corrected chi connectivity index (χ4v) is 2.39. The standard InChI is InChI=1S/C11H19FN2O2/c12-11(5-6-13-7-11)10(16)14-8-1-3-9(15)4-2-8/h8-9,13,15H,1-7H2,(H,14,16). The summed E-state index contributed by atoms with van der Waals surface area (Å²) < 4.78 is 14.0. The second-order valence-corrected chi connectivity index (χ2v) is 4.87. The molecule has 0 bridgehead atoms. The van der Waals surface area contributed by atoms with Crippen LogP contribution in [0.2, 0.25) is 0 Å². The van der Waals surface area contributed by atoms with Crippen molar-refractivity contribution in [1.29, 1.82) is 0 Å². The maximum atomic E-state index is 14.0. The number of halogens is 1. The van der Waals surface area contributed by atoms with Crippen molar-refractivity contribution in [1.82, 2.24) is 10.6 Å². The van der Waals surface area contributed by atoms with Crippen LogP contribution in [0.5, 0.6) is 0 Å². The molecule has 2 aliphatic rings. The van der Waals surface area contributed by atoms with Crippen molar-refractivity contribution in [2.45, 2.75) is 49.9 Å². The normalized spacial score (nSPS) is 39.6. The average Bonchev–Trinajstić information content (AvgIpc) is 2.70. The zero-order valence-electron chi connectivity index (χ0n) is 9.34. The molecule has 2 fully saturated rings. The molecule has 1 unspecified atom stereocenters. The Morgan fingerprint density at radius 3 is 2.62 bits per heavy atom. The smallest absolute Gasteiger partial charge is 0.259 e. The van der Waals surface area contributed by atoms with Gasteiger partial charge in [0.2, 0.25) is 5.67 Å². The molecule has 92 valence electrons. The van der Waals surface area contributed by atoms with Gasteiger partial charge < -0.3 is 15.7 Å². The molecule has 0 aromatic rings. The molecule has 3 N–H and O–H groups in total. The lowest BCUT2D eigenvalue weighted by Gasteiger charge is -2.28. The highest BCUT2D eigenvalue weighted by molar-refractivity contribution is 5.86. The molecule has 0 spiro atoms. The van der Waals surface area contributed by atoms with Gasteiger partial charge in [0.25, 0.3) is 5.91 Å². The minimum atomic E-state index is -1.73. The van der Waals surface area contributed by atoms with E-state index < -0.39 is 11.6 Å². The van der Waals surface area contributed by atoms with Gasteiger partial charge in [-0.1, -0.05) is 0 Å². The van der Waals surface area contributed by atoms with E-state index in [9.17, 15) is 14.3 Å². The SMILES string of the molecule is O=C(NC1CCC(O)CC1)C1(F)CCNC1. The zero-order valence-corrected chi connectivity index (χ0v) is 9.34. The lowest BCUT2D eigenvalue weighted by atomic mass is 9.92. The maximum absolute atomic E-state index is 14.0. The Labute approximate surface area is 94.6 Å². The van der Waals surface area contributed by atoms with E-state index in [2.05, 4.69) is 10.6 Å². The Hall–Kier alpha value is -0.680. The van der Waals surface area contributed by atoms with Gasteiger partial charge in [-0.2, -0.15) is 0 Å². The molecule has 0 aromatic carbocycles. The van der Waals surface area contributed by atoms with Crippen molar-refractivity contribution < 1.29 is 14.3 Å². The minimum absolute atomic E-state index is 0.0316. The Balaban J connectivity index is 1.83. The van der Waals surface area contributed by atoms with E-state index in [0.717, 1.165) is 12.8 Å². The number of aliphatic hydroxyl groups is 1. The zero-order chi connectivity index (χ0) is 11.6. The third-order valence-electron chi connectivity index (χ3n) is 3.54. The lowest BCUT2D eigenvalue weighted by molar-refractivity contribution is -0.132. The molecule has 4 nitrogen and oxygen atoms in total. The third-order valence-corrected chi connectivity index (χ3v) is 3.54. The van der Waals surface area contributed by atoms with Gasteiger partial charge >= 0.3 is 0 Å². The van der Waals surface area contributed by atoms with Crippen LogP contribution in [0.1, 0.15) is 32.1 Å². The van der Waals surface area contributed by atoms with Gasteiger partial charge in [0.15, 0.2) is 0 Å². The van der Waals surface area contributed by atoms with Crippen molar-refractivity contribution in [3.8, 4) is 0 Å². The van der Waals surface area contributed by atoms with Crippen molar-refractivity contribution in [3.05, 3.63) is 0 Å². The number of nitrogens with one attached hydrogen (secondary N) is 2. The predicted molar refractivity (Wildman–Crippen MR) is 57.7 cm³/mol. The van der Waals surface area contributed by atoms with Crippen LogP contribution in [0.4, 0.5) is 4.39 Å². The monoisotopic (exact) mass is 230 g/mol. The second-order valence-electron chi connectivity index (χ2n) is 4.87. The fraction of sp³-hybridized carbons (Fsp3) is 0.909. The molecule has 16 heavy (non-hydrogen) atoms. The summed E-state index contributed by atoms with van der Waals surface area (Å²) in [7, 11) is 0. The van der Waals surface area contributed by atoms with Crippen LogP contribution in [-0.2, 0) is 4.79 Å². The second kappa shape index (κ2) is 4.67. The molecule has 5 heteroatoms. The third kappa shape index (κ3) is 2.52. The van der Waals surface area contributed by atoms with Crippen molar-refractivity contribution in [2.75, 3.05) is 13.1 Å². The first-order chi connectivity index (χ1) is 7.60. The Morgan fingerprint density at radius 2 is 2.06 bits per heavy atom. The van der Waals surface area contributed by atoms with Gasteiger partial charge in [0, 0.05) is 19.0 Å². The summed E-state index contributed by atoms with van der Waals surface area (Å²) in [5.41, 5.74) is -1.73. The van der Waals surface area contributed by atoms with Gasteiger partial charge in [0.1, 0.15) is 0 Å². The molecule has 1 saturated heterocycles. The predicted octanol–water partition coefficient (Wildman–Crippen LogP) is 0.108. The summed E-state index contributed by atoms with van der Waals surface area (Å²) in [5.74, 6) is -0.487. The van der Waals surface area contributed by atoms with Gasteiger partial charge in [-0.15, -0.1) is 0 Å². The number of aliphatic hydroxyl groups excluding tert-OH is 1. The van der Waals surface area contributed by atoms with E-state index in [4.69, 9.17) is 0 Å². The molecule has 1 aliphatic heterocycles. The highest BCUT2D eigenvalue weighted by atomic mass is 19.1. The van der Waals surface area contributed by atoms with Crippen molar-refractivity contribution >= 4 is 5.91 Å². The van der Waals surface area contributed by atoms with E-state index in [1.165, 1.54) is 0 Å². The van der Waals surface area contributed by atoms with Gasteiger partial charge in [0.05, 0.1) is 6.10 Å². The van der Waals surface area contributed by atoms with E-state index in [0.29, 0.717) is 19.4 Å². The van der Waals surface area contributed by atoms with E-state index >= 15 is 0 Å². The highest BCUT2D eigenvalue weighted by Gasteiger charge is 2.42. The van der Waals surface area contributed by atoms with Gasteiger partial charge in [-0.05, 0) is 32.2 Å². The molecule has 1 heterocycles. The molecule has 1 aliphatic carbocycles. The summed E-state index contributed by atoms with van der Waals surface area (Å²) >= 11 is 0. The number of alkyl halides is 1. The number of carbonyl (C=O) groups is 1. The lowest BCUT2D eigenvalue weighted by Crippen LogP contribution is -2.49. The first-order valence-corrected chi connectivity index (χ1v) is 5.99. The Kier molecular flexibility index (Phi) is 3.44.